The van der Waals surface area contributed by atoms with Crippen molar-refractivity contribution in [1.82, 2.24) is 4.90 Å². The summed E-state index contributed by atoms with van der Waals surface area (Å²) in [7, 11) is 1.80. The van der Waals surface area contributed by atoms with Gasteiger partial charge in [-0.15, -0.1) is 0 Å². The summed E-state index contributed by atoms with van der Waals surface area (Å²) in [6, 6.07) is 3.14. The van der Waals surface area contributed by atoms with Crippen LogP contribution >= 0.6 is 0 Å². The third-order valence-corrected chi connectivity index (χ3v) is 3.33. The second-order valence-corrected chi connectivity index (χ2v) is 4.42. The minimum atomic E-state index is -0.0334. The summed E-state index contributed by atoms with van der Waals surface area (Å²) >= 11 is 0. The third kappa shape index (κ3) is 1.19. The molecule has 3 rings (SSSR count). The minimum absolute atomic E-state index is 0.0334. The number of carbonyl (C=O) groups is 1. The van der Waals surface area contributed by atoms with Crippen molar-refractivity contribution in [3.63, 3.8) is 0 Å². The molecule has 16 heavy (non-hydrogen) atoms. The Morgan fingerprint density at radius 1 is 1.50 bits per heavy atom. The smallest absolute Gasteiger partial charge is 0.254 e. The van der Waals surface area contributed by atoms with Crippen molar-refractivity contribution in [3.8, 4) is 11.5 Å². The Bertz CT molecular complexity index is 470. The van der Waals surface area contributed by atoms with Gasteiger partial charge in [-0.2, -0.15) is 0 Å². The number of benzene rings is 1. The Morgan fingerprint density at radius 2 is 2.31 bits per heavy atom. The highest BCUT2D eigenvalue weighted by Crippen LogP contribution is 2.42. The maximum atomic E-state index is 12.0. The van der Waals surface area contributed by atoms with Gasteiger partial charge in [0.1, 0.15) is 11.5 Å². The van der Waals surface area contributed by atoms with Crippen molar-refractivity contribution in [2.45, 2.75) is 12.3 Å². The van der Waals surface area contributed by atoms with E-state index in [4.69, 9.17) is 4.74 Å². The van der Waals surface area contributed by atoms with Crippen LogP contribution in [0.5, 0.6) is 11.5 Å². The number of rotatable bonds is 0. The Kier molecular flexibility index (Phi) is 1.87. The highest BCUT2D eigenvalue weighted by molar-refractivity contribution is 5.98. The number of likely N-dealkylation sites (N-methyl/N-ethyl adjacent to an activating group) is 1. The highest BCUT2D eigenvalue weighted by Gasteiger charge is 2.34. The zero-order chi connectivity index (χ0) is 11.3. The lowest BCUT2D eigenvalue weighted by molar-refractivity contribution is 0.0747. The van der Waals surface area contributed by atoms with Gasteiger partial charge in [0.05, 0.1) is 12.2 Å². The van der Waals surface area contributed by atoms with E-state index in [1.807, 2.05) is 0 Å². The molecule has 1 amide bonds. The zero-order valence-corrected chi connectivity index (χ0v) is 9.06. The summed E-state index contributed by atoms with van der Waals surface area (Å²) < 4.78 is 5.50. The van der Waals surface area contributed by atoms with Gasteiger partial charge >= 0.3 is 0 Å². The molecule has 0 aliphatic carbocycles. The average molecular weight is 219 g/mol. The van der Waals surface area contributed by atoms with Gasteiger partial charge in [0.15, 0.2) is 0 Å². The van der Waals surface area contributed by atoms with Crippen LogP contribution in [0.1, 0.15) is 28.3 Å². The van der Waals surface area contributed by atoms with Gasteiger partial charge in [0.25, 0.3) is 5.91 Å². The highest BCUT2D eigenvalue weighted by atomic mass is 16.5. The summed E-state index contributed by atoms with van der Waals surface area (Å²) in [6.45, 7) is 1.40. The number of nitrogens with zero attached hydrogens (tertiary/aromatic N) is 1. The van der Waals surface area contributed by atoms with Crippen LogP contribution in [0, 0.1) is 0 Å². The minimum Gasteiger partial charge on any atom is -0.508 e. The van der Waals surface area contributed by atoms with Crippen LogP contribution in [0.15, 0.2) is 12.1 Å². The standard InChI is InChI=1S/C12H13NO3/c1-13-6-7-2-3-16-10-5-8(14)4-9(11(7)10)12(13)15/h4-5,7,14H,2-3,6H2,1H3. The zero-order valence-electron chi connectivity index (χ0n) is 9.06. The Morgan fingerprint density at radius 3 is 3.12 bits per heavy atom. The van der Waals surface area contributed by atoms with Gasteiger partial charge in [-0.3, -0.25) is 4.79 Å². The number of phenolic OH excluding ortho intramolecular Hbond substituents is 1. The molecule has 0 bridgehead atoms. The van der Waals surface area contributed by atoms with E-state index in [0.717, 1.165) is 18.5 Å². The van der Waals surface area contributed by atoms with E-state index in [1.54, 1.807) is 24.1 Å². The molecule has 1 N–H and O–H groups in total. The number of ether oxygens (including phenoxy) is 1. The molecule has 4 heteroatoms. The summed E-state index contributed by atoms with van der Waals surface area (Å²) in [5.74, 6) is 1.08. The maximum Gasteiger partial charge on any atom is 0.254 e. The van der Waals surface area contributed by atoms with Crippen LogP contribution in [0.2, 0.25) is 0 Å². The number of hydrogen-bond acceptors (Lipinski definition) is 3. The van der Waals surface area contributed by atoms with Gasteiger partial charge < -0.3 is 14.7 Å². The fourth-order valence-electron chi connectivity index (χ4n) is 2.59. The molecule has 1 aromatic carbocycles. The molecule has 0 spiro atoms. The molecule has 4 nitrogen and oxygen atoms in total. The molecule has 2 heterocycles. The maximum absolute atomic E-state index is 12.0. The molecule has 2 aliphatic heterocycles. The number of aromatic hydroxyl groups is 1. The monoisotopic (exact) mass is 219 g/mol. The van der Waals surface area contributed by atoms with E-state index in [2.05, 4.69) is 0 Å². The van der Waals surface area contributed by atoms with Crippen molar-refractivity contribution in [2.75, 3.05) is 20.2 Å². The predicted molar refractivity (Wildman–Crippen MR) is 57.9 cm³/mol. The van der Waals surface area contributed by atoms with Gasteiger partial charge in [-0.05, 0) is 12.5 Å². The fraction of sp³-hybridized carbons (Fsp3) is 0.417. The second-order valence-electron chi connectivity index (χ2n) is 4.42. The van der Waals surface area contributed by atoms with E-state index in [9.17, 15) is 9.90 Å². The van der Waals surface area contributed by atoms with E-state index in [0.29, 0.717) is 23.8 Å². The molecule has 1 aromatic rings. The summed E-state index contributed by atoms with van der Waals surface area (Å²) in [5, 5.41) is 9.56. The van der Waals surface area contributed by atoms with Crippen LogP contribution in [0.25, 0.3) is 0 Å². The van der Waals surface area contributed by atoms with Crippen molar-refractivity contribution in [3.05, 3.63) is 23.3 Å². The summed E-state index contributed by atoms with van der Waals surface area (Å²) in [6.07, 6.45) is 0.933. The fourth-order valence-corrected chi connectivity index (χ4v) is 2.59. The normalized spacial score (nSPS) is 22.7. The van der Waals surface area contributed by atoms with Crippen molar-refractivity contribution in [2.24, 2.45) is 0 Å². The first-order chi connectivity index (χ1) is 7.66. The molecule has 0 aromatic heterocycles. The Labute approximate surface area is 93.4 Å². The van der Waals surface area contributed by atoms with Crippen molar-refractivity contribution >= 4 is 5.91 Å². The average Bonchev–Trinajstić information content (AvgIpc) is 2.25. The second kappa shape index (κ2) is 3.14. The van der Waals surface area contributed by atoms with Gasteiger partial charge in [-0.1, -0.05) is 0 Å². The topological polar surface area (TPSA) is 49.8 Å². The third-order valence-electron chi connectivity index (χ3n) is 3.33. The molecule has 0 fully saturated rings. The van der Waals surface area contributed by atoms with E-state index >= 15 is 0 Å². The van der Waals surface area contributed by atoms with Gasteiger partial charge in [-0.25, -0.2) is 0 Å². The molecule has 1 atom stereocenters. The first-order valence-corrected chi connectivity index (χ1v) is 5.42. The number of phenols is 1. The quantitative estimate of drug-likeness (QED) is 0.716. The molecule has 0 saturated carbocycles. The van der Waals surface area contributed by atoms with Crippen LogP contribution in [-0.2, 0) is 0 Å². The predicted octanol–water partition coefficient (Wildman–Crippen LogP) is 1.34. The van der Waals surface area contributed by atoms with Gasteiger partial charge in [0, 0.05) is 31.1 Å². The van der Waals surface area contributed by atoms with Crippen molar-refractivity contribution < 1.29 is 14.6 Å². The number of amides is 1. The van der Waals surface area contributed by atoms with Gasteiger partial charge in [0.2, 0.25) is 0 Å². The molecule has 0 radical (unpaired) electrons. The lowest BCUT2D eigenvalue weighted by Gasteiger charge is -2.35. The summed E-state index contributed by atoms with van der Waals surface area (Å²) in [4.78, 5) is 13.7. The van der Waals surface area contributed by atoms with Crippen LogP contribution in [-0.4, -0.2) is 36.1 Å². The molecular weight excluding hydrogens is 206 g/mol. The van der Waals surface area contributed by atoms with E-state index < -0.39 is 0 Å². The first kappa shape index (κ1) is 9.51. The molecule has 84 valence electrons. The largest absolute Gasteiger partial charge is 0.508 e. The lowest BCUT2D eigenvalue weighted by Crippen LogP contribution is -2.39. The lowest BCUT2D eigenvalue weighted by atomic mass is 9.85. The Balaban J connectivity index is 2.24. The van der Waals surface area contributed by atoms with Crippen LogP contribution in [0.4, 0.5) is 0 Å². The van der Waals surface area contributed by atoms with Crippen LogP contribution < -0.4 is 4.74 Å². The summed E-state index contributed by atoms with van der Waals surface area (Å²) in [5.41, 5.74) is 1.57. The number of hydrogen-bond donors (Lipinski definition) is 1. The van der Waals surface area contributed by atoms with Crippen molar-refractivity contribution in [1.29, 1.82) is 0 Å². The Hall–Kier alpha value is -1.71. The molecular formula is C12H13NO3. The van der Waals surface area contributed by atoms with Crippen LogP contribution in [0.3, 0.4) is 0 Å². The SMILES string of the molecule is CN1CC2CCOc3cc(O)cc(c32)C1=O. The molecule has 0 saturated heterocycles. The number of carbonyl (C=O) groups excluding carboxylic acids is 1. The van der Waals surface area contributed by atoms with E-state index in [-0.39, 0.29) is 11.7 Å². The molecule has 1 unspecified atom stereocenters. The van der Waals surface area contributed by atoms with E-state index in [1.165, 1.54) is 0 Å². The molecule has 2 aliphatic rings. The first-order valence-electron chi connectivity index (χ1n) is 5.42.